The van der Waals surface area contributed by atoms with Gasteiger partial charge in [-0.15, -0.1) is 0 Å². The van der Waals surface area contributed by atoms with E-state index in [0.29, 0.717) is 5.56 Å². The third-order valence-electron chi connectivity index (χ3n) is 11.4. The van der Waals surface area contributed by atoms with Gasteiger partial charge in [-0.05, 0) is 115 Å². The van der Waals surface area contributed by atoms with Gasteiger partial charge in [0.25, 0.3) is 0 Å². The highest BCUT2D eigenvalue weighted by molar-refractivity contribution is 6.13. The van der Waals surface area contributed by atoms with Gasteiger partial charge in [0.15, 0.2) is 0 Å². The van der Waals surface area contributed by atoms with E-state index in [9.17, 15) is 5.26 Å². The highest BCUT2D eigenvalue weighted by Crippen LogP contribution is 2.43. The Labute approximate surface area is 326 Å². The topological polar surface area (TPSA) is 46.5 Å². The van der Waals surface area contributed by atoms with Crippen molar-refractivity contribution in [3.8, 4) is 50.8 Å². The summed E-state index contributed by atoms with van der Waals surface area (Å²) in [6, 6.07) is 54.6. The lowest BCUT2D eigenvalue weighted by atomic mass is 9.97. The van der Waals surface area contributed by atoms with Crippen molar-refractivity contribution in [1.82, 2.24) is 14.1 Å². The molecule has 0 saturated carbocycles. The molecule has 56 heavy (non-hydrogen) atoms. The summed E-state index contributed by atoms with van der Waals surface area (Å²) in [5.74, 6) is 0. The second kappa shape index (κ2) is 13.0. The number of para-hydroxylation sites is 2. The van der Waals surface area contributed by atoms with Crippen molar-refractivity contribution in [2.75, 3.05) is 0 Å². The van der Waals surface area contributed by atoms with Crippen LogP contribution in [0.15, 0.2) is 158 Å². The number of pyridine rings is 1. The molecule has 3 aromatic heterocycles. The van der Waals surface area contributed by atoms with Gasteiger partial charge in [-0.3, -0.25) is 4.98 Å². The molecule has 10 rings (SSSR count). The maximum atomic E-state index is 9.78. The Balaban J connectivity index is 1.27. The molecule has 0 unspecified atom stereocenters. The Bertz CT molecular complexity index is 3050. The number of nitrogens with zero attached hydrogens (tertiary/aromatic N) is 4. The van der Waals surface area contributed by atoms with Gasteiger partial charge in [0.1, 0.15) is 0 Å². The molecule has 7 aromatic carbocycles. The van der Waals surface area contributed by atoms with E-state index in [1.54, 1.807) is 0 Å². The van der Waals surface area contributed by atoms with Gasteiger partial charge in [0.05, 0.1) is 57.5 Å². The van der Waals surface area contributed by atoms with Gasteiger partial charge >= 0.3 is 0 Å². The lowest BCUT2D eigenvalue weighted by Gasteiger charge is -2.19. The fraction of sp³-hybridized carbons (Fsp3) is 0.0769. The number of rotatable bonds is 5. The maximum Gasteiger partial charge on any atom is 0.0991 e. The molecule has 0 saturated heterocycles. The van der Waals surface area contributed by atoms with Crippen molar-refractivity contribution in [2.45, 2.75) is 27.7 Å². The number of hydrogen-bond acceptors (Lipinski definition) is 2. The highest BCUT2D eigenvalue weighted by atomic mass is 15.0. The summed E-state index contributed by atoms with van der Waals surface area (Å²) >= 11 is 0. The molecule has 3 heterocycles. The van der Waals surface area contributed by atoms with E-state index in [0.717, 1.165) is 44.6 Å². The summed E-state index contributed by atoms with van der Waals surface area (Å²) in [6.07, 6.45) is 3.99. The summed E-state index contributed by atoms with van der Waals surface area (Å²) < 4.78 is 4.74. The summed E-state index contributed by atoms with van der Waals surface area (Å²) in [5, 5.41) is 14.5. The van der Waals surface area contributed by atoms with Gasteiger partial charge in [-0.25, -0.2) is 0 Å². The number of fused-ring (bicyclic) bond motifs is 6. The Kier molecular flexibility index (Phi) is 7.73. The number of benzene rings is 7. The Hall–Kier alpha value is -7.22. The minimum Gasteiger partial charge on any atom is -0.307 e. The van der Waals surface area contributed by atoms with Crippen LogP contribution < -0.4 is 0 Å². The smallest absolute Gasteiger partial charge is 0.0991 e. The molecule has 0 atom stereocenters. The standard InChI is InChI=1S/C52H38N4/c1-32-13-21-40(34(3)25-32)38-19-23-48-44(27-38)42-9-5-7-11-46(42)55(48)50-30-54-31-51(52(50)37-17-15-36(29-53)16-18-37)56-47-12-8-6-10-43(47)45-28-39(20-24-49(45)56)41-22-14-33(2)26-35(41)4/h5-28,30-31H,1-4H3. The summed E-state index contributed by atoms with van der Waals surface area (Å²) in [7, 11) is 0. The number of aryl methyl sites for hydroxylation is 4. The first kappa shape index (κ1) is 33.4. The predicted octanol–water partition coefficient (Wildman–Crippen LogP) is 13.4. The Morgan fingerprint density at radius 2 is 0.893 bits per heavy atom. The van der Waals surface area contributed by atoms with Crippen LogP contribution in [-0.4, -0.2) is 14.1 Å². The lowest BCUT2D eigenvalue weighted by molar-refractivity contribution is 1.09. The molecule has 0 aliphatic heterocycles. The predicted molar refractivity (Wildman–Crippen MR) is 233 cm³/mol. The van der Waals surface area contributed by atoms with Gasteiger partial charge < -0.3 is 9.13 Å². The molecule has 10 aromatic rings. The molecule has 0 radical (unpaired) electrons. The number of aromatic nitrogens is 3. The van der Waals surface area contributed by atoms with E-state index < -0.39 is 0 Å². The summed E-state index contributed by atoms with van der Waals surface area (Å²) in [6.45, 7) is 8.67. The molecule has 0 aliphatic carbocycles. The van der Waals surface area contributed by atoms with E-state index in [4.69, 9.17) is 4.98 Å². The van der Waals surface area contributed by atoms with Crippen LogP contribution in [0, 0.1) is 39.0 Å². The zero-order valence-corrected chi connectivity index (χ0v) is 31.8. The fourth-order valence-electron chi connectivity index (χ4n) is 8.86. The minimum absolute atomic E-state index is 0.623. The largest absolute Gasteiger partial charge is 0.307 e. The molecule has 0 fully saturated rings. The average molecular weight is 719 g/mol. The van der Waals surface area contributed by atoms with E-state index in [-0.39, 0.29) is 0 Å². The van der Waals surface area contributed by atoms with Gasteiger partial charge in [-0.2, -0.15) is 5.26 Å². The van der Waals surface area contributed by atoms with Crippen LogP contribution in [0.5, 0.6) is 0 Å². The summed E-state index contributed by atoms with van der Waals surface area (Å²) in [5.41, 5.74) is 18.9. The average Bonchev–Trinajstić information content (AvgIpc) is 3.73. The van der Waals surface area contributed by atoms with Crippen LogP contribution in [0.4, 0.5) is 0 Å². The molecule has 4 nitrogen and oxygen atoms in total. The molecule has 4 heteroatoms. The molecule has 266 valence electrons. The first-order chi connectivity index (χ1) is 27.4. The van der Waals surface area contributed by atoms with E-state index in [1.165, 1.54) is 66.1 Å². The second-order valence-corrected chi connectivity index (χ2v) is 15.0. The minimum atomic E-state index is 0.623. The fourth-order valence-corrected chi connectivity index (χ4v) is 8.86. The van der Waals surface area contributed by atoms with Crippen molar-refractivity contribution in [1.29, 1.82) is 5.26 Å². The van der Waals surface area contributed by atoms with Crippen LogP contribution in [0.3, 0.4) is 0 Å². The van der Waals surface area contributed by atoms with Crippen molar-refractivity contribution in [3.05, 3.63) is 186 Å². The first-order valence-electron chi connectivity index (χ1n) is 19.1. The zero-order chi connectivity index (χ0) is 38.1. The highest BCUT2D eigenvalue weighted by Gasteiger charge is 2.23. The zero-order valence-electron chi connectivity index (χ0n) is 31.8. The van der Waals surface area contributed by atoms with Crippen molar-refractivity contribution in [2.24, 2.45) is 0 Å². The first-order valence-corrected chi connectivity index (χ1v) is 19.1. The molecule has 0 bridgehead atoms. The Morgan fingerprint density at radius 1 is 0.446 bits per heavy atom. The van der Waals surface area contributed by atoms with Crippen LogP contribution in [0.1, 0.15) is 27.8 Å². The van der Waals surface area contributed by atoms with Gasteiger partial charge in [0, 0.05) is 27.1 Å². The number of hydrogen-bond donors (Lipinski definition) is 0. The van der Waals surface area contributed by atoms with Crippen LogP contribution in [0.25, 0.3) is 88.4 Å². The molecule has 0 aliphatic rings. The summed E-state index contributed by atoms with van der Waals surface area (Å²) in [4.78, 5) is 5.02. The van der Waals surface area contributed by atoms with Gasteiger partial charge in [0.2, 0.25) is 0 Å². The maximum absolute atomic E-state index is 9.78. The van der Waals surface area contributed by atoms with E-state index in [2.05, 4.69) is 176 Å². The molecular formula is C52H38N4. The van der Waals surface area contributed by atoms with E-state index >= 15 is 0 Å². The van der Waals surface area contributed by atoms with Crippen molar-refractivity contribution < 1.29 is 0 Å². The van der Waals surface area contributed by atoms with Gasteiger partial charge in [-0.1, -0.05) is 108 Å². The molecule has 0 spiro atoms. The van der Waals surface area contributed by atoms with Crippen molar-refractivity contribution in [3.63, 3.8) is 0 Å². The normalized spacial score (nSPS) is 11.6. The lowest BCUT2D eigenvalue weighted by Crippen LogP contribution is -2.05. The molecule has 0 amide bonds. The van der Waals surface area contributed by atoms with E-state index in [1.807, 2.05) is 24.5 Å². The third-order valence-corrected chi connectivity index (χ3v) is 11.4. The van der Waals surface area contributed by atoms with Crippen LogP contribution >= 0.6 is 0 Å². The van der Waals surface area contributed by atoms with Crippen LogP contribution in [0.2, 0.25) is 0 Å². The SMILES string of the molecule is Cc1ccc(-c2ccc3c(c2)c2ccccc2n3-c2cncc(-n3c4ccccc4c4cc(-c5ccc(C)cc5C)ccc43)c2-c2ccc(C#N)cc2)c(C)c1. The molecule has 0 N–H and O–H groups in total. The quantitative estimate of drug-likeness (QED) is 0.178. The number of nitriles is 1. The third kappa shape index (κ3) is 5.24. The Morgan fingerprint density at radius 3 is 1.36 bits per heavy atom. The second-order valence-electron chi connectivity index (χ2n) is 15.0. The molecular weight excluding hydrogens is 681 g/mol. The van der Waals surface area contributed by atoms with Crippen LogP contribution in [-0.2, 0) is 0 Å². The monoisotopic (exact) mass is 718 g/mol. The van der Waals surface area contributed by atoms with Crippen molar-refractivity contribution >= 4 is 43.6 Å².